The first kappa shape index (κ1) is 17.3. The number of halogens is 8. The van der Waals surface area contributed by atoms with E-state index in [4.69, 9.17) is 11.6 Å². The summed E-state index contributed by atoms with van der Waals surface area (Å²) in [6, 6.07) is 1.70. The number of hydrogen-bond acceptors (Lipinski definition) is 1. The number of aryl methyl sites for hydroxylation is 1. The van der Waals surface area contributed by atoms with Crippen molar-refractivity contribution < 1.29 is 35.8 Å². The molecule has 132 valence electrons. The van der Waals surface area contributed by atoms with E-state index in [0.29, 0.717) is 0 Å². The Morgan fingerprint density at radius 1 is 1.17 bits per heavy atom. The highest BCUT2D eigenvalue weighted by atomic mass is 35.5. The van der Waals surface area contributed by atoms with Gasteiger partial charge in [-0.1, -0.05) is 11.6 Å². The SMILES string of the molecule is OC1(C(F)(F)F)c2[nH]c3c(Cl)cc(F)cc3c2CCC1C(F)(F)F. The minimum absolute atomic E-state index is 0.0710. The molecule has 2 atom stereocenters. The highest BCUT2D eigenvalue weighted by molar-refractivity contribution is 6.35. The molecule has 24 heavy (non-hydrogen) atoms. The second-order valence-corrected chi connectivity index (χ2v) is 6.09. The third kappa shape index (κ3) is 2.28. The zero-order valence-electron chi connectivity index (χ0n) is 11.6. The molecule has 0 saturated heterocycles. The molecule has 1 heterocycles. The molecule has 0 aliphatic heterocycles. The molecule has 0 saturated carbocycles. The van der Waals surface area contributed by atoms with E-state index in [1.165, 1.54) is 0 Å². The molecule has 10 heteroatoms. The van der Waals surface area contributed by atoms with Gasteiger partial charge in [0.25, 0.3) is 0 Å². The van der Waals surface area contributed by atoms with Gasteiger partial charge in [-0.2, -0.15) is 26.3 Å². The molecule has 1 aromatic heterocycles. The number of rotatable bonds is 0. The number of alkyl halides is 6. The maximum absolute atomic E-state index is 13.5. The van der Waals surface area contributed by atoms with E-state index >= 15 is 0 Å². The molecule has 1 aliphatic rings. The lowest BCUT2D eigenvalue weighted by Gasteiger charge is -2.41. The minimum atomic E-state index is -5.59. The molecule has 0 radical (unpaired) electrons. The van der Waals surface area contributed by atoms with Crippen LogP contribution in [0.25, 0.3) is 10.9 Å². The van der Waals surface area contributed by atoms with Crippen LogP contribution in [0.15, 0.2) is 12.1 Å². The maximum atomic E-state index is 13.5. The number of benzene rings is 1. The van der Waals surface area contributed by atoms with Crippen LogP contribution in [-0.4, -0.2) is 22.4 Å². The second kappa shape index (κ2) is 5.01. The largest absolute Gasteiger partial charge is 0.423 e. The molecule has 1 aliphatic carbocycles. The zero-order chi connectivity index (χ0) is 18.1. The van der Waals surface area contributed by atoms with Crippen molar-refractivity contribution in [2.45, 2.75) is 30.8 Å². The smallest absolute Gasteiger partial charge is 0.375 e. The van der Waals surface area contributed by atoms with E-state index in [1.807, 2.05) is 0 Å². The summed E-state index contributed by atoms with van der Waals surface area (Å²) in [4.78, 5) is 2.14. The number of hydrogen-bond donors (Lipinski definition) is 2. The number of aliphatic hydroxyl groups is 1. The maximum Gasteiger partial charge on any atom is 0.423 e. The second-order valence-electron chi connectivity index (χ2n) is 5.69. The molecular weight excluding hydrogens is 367 g/mol. The molecule has 2 N–H and O–H groups in total. The van der Waals surface area contributed by atoms with Crippen LogP contribution in [0.2, 0.25) is 5.02 Å². The summed E-state index contributed by atoms with van der Waals surface area (Å²) in [6.45, 7) is 0. The van der Waals surface area contributed by atoms with E-state index in [2.05, 4.69) is 4.98 Å². The Morgan fingerprint density at radius 2 is 1.79 bits per heavy atom. The topological polar surface area (TPSA) is 36.0 Å². The van der Waals surface area contributed by atoms with Gasteiger partial charge >= 0.3 is 12.4 Å². The van der Waals surface area contributed by atoms with Crippen LogP contribution in [0.1, 0.15) is 17.7 Å². The van der Waals surface area contributed by atoms with Gasteiger partial charge in [0, 0.05) is 5.39 Å². The molecule has 2 nitrogen and oxygen atoms in total. The molecule has 0 amide bonds. The molecule has 0 fully saturated rings. The summed E-state index contributed by atoms with van der Waals surface area (Å²) in [7, 11) is 0. The van der Waals surface area contributed by atoms with Gasteiger partial charge in [-0.15, -0.1) is 0 Å². The third-order valence-electron chi connectivity index (χ3n) is 4.33. The summed E-state index contributed by atoms with van der Waals surface area (Å²) in [5.41, 5.74) is -5.55. The van der Waals surface area contributed by atoms with Crippen LogP contribution in [0, 0.1) is 11.7 Å². The van der Waals surface area contributed by atoms with Crippen LogP contribution in [-0.2, 0) is 12.0 Å². The zero-order valence-corrected chi connectivity index (χ0v) is 12.4. The molecule has 3 rings (SSSR count). The Labute approximate surface area is 135 Å². The van der Waals surface area contributed by atoms with Crippen LogP contribution in [0.5, 0.6) is 0 Å². The van der Waals surface area contributed by atoms with Gasteiger partial charge in [-0.3, -0.25) is 0 Å². The van der Waals surface area contributed by atoms with E-state index in [1.54, 1.807) is 0 Å². The van der Waals surface area contributed by atoms with Gasteiger partial charge in [0.05, 0.1) is 22.2 Å². The fraction of sp³-hybridized carbons (Fsp3) is 0.429. The Balaban J connectivity index is 2.35. The lowest BCUT2D eigenvalue weighted by Crippen LogP contribution is -2.56. The van der Waals surface area contributed by atoms with Crippen molar-refractivity contribution in [1.29, 1.82) is 0 Å². The standard InChI is InChI=1S/C14H9ClF7NO/c15-8-4-5(16)3-7-6-1-2-9(13(17,18)19)12(24,14(20,21)22)11(6)23-10(7)8/h3-4,9,23-24H,1-2H2. The molecule has 2 unspecified atom stereocenters. The first-order valence-electron chi connectivity index (χ1n) is 6.73. The van der Waals surface area contributed by atoms with Crippen molar-refractivity contribution in [3.63, 3.8) is 0 Å². The van der Waals surface area contributed by atoms with Gasteiger partial charge < -0.3 is 10.1 Å². The number of aromatic nitrogens is 1. The average Bonchev–Trinajstić information content (AvgIpc) is 2.76. The number of nitrogens with one attached hydrogen (secondary N) is 1. The minimum Gasteiger partial charge on any atom is -0.375 e. The summed E-state index contributed by atoms with van der Waals surface area (Å²) in [5.74, 6) is -3.88. The van der Waals surface area contributed by atoms with Crippen molar-refractivity contribution in [2.75, 3.05) is 0 Å². The number of fused-ring (bicyclic) bond motifs is 3. The van der Waals surface area contributed by atoms with E-state index in [0.717, 1.165) is 12.1 Å². The monoisotopic (exact) mass is 375 g/mol. The van der Waals surface area contributed by atoms with Gasteiger partial charge in [0.2, 0.25) is 5.60 Å². The van der Waals surface area contributed by atoms with Crippen molar-refractivity contribution in [3.8, 4) is 0 Å². The molecule has 0 spiro atoms. The predicted molar refractivity (Wildman–Crippen MR) is 71.1 cm³/mol. The van der Waals surface area contributed by atoms with Crippen LogP contribution >= 0.6 is 11.6 Å². The lowest BCUT2D eigenvalue weighted by molar-refractivity contribution is -0.337. The summed E-state index contributed by atoms with van der Waals surface area (Å²) < 4.78 is 93.0. The predicted octanol–water partition coefficient (Wildman–Crippen LogP) is 4.84. The van der Waals surface area contributed by atoms with Gasteiger partial charge in [-0.05, 0) is 30.5 Å². The van der Waals surface area contributed by atoms with E-state index in [-0.39, 0.29) is 21.5 Å². The molecule has 1 aromatic carbocycles. The van der Waals surface area contributed by atoms with E-state index < -0.39 is 48.2 Å². The van der Waals surface area contributed by atoms with Gasteiger partial charge in [0.1, 0.15) is 5.82 Å². The summed E-state index contributed by atoms with van der Waals surface area (Å²) in [6.07, 6.45) is -12.2. The fourth-order valence-electron chi connectivity index (χ4n) is 3.27. The van der Waals surface area contributed by atoms with Crippen molar-refractivity contribution in [3.05, 3.63) is 34.2 Å². The van der Waals surface area contributed by atoms with Crippen molar-refractivity contribution in [1.82, 2.24) is 4.98 Å². The Bertz CT molecular complexity index is 810. The number of aromatic amines is 1. The van der Waals surface area contributed by atoms with Crippen LogP contribution in [0.3, 0.4) is 0 Å². The quantitative estimate of drug-likeness (QED) is 0.635. The van der Waals surface area contributed by atoms with E-state index in [9.17, 15) is 35.8 Å². The lowest BCUT2D eigenvalue weighted by atomic mass is 9.73. The molecule has 2 aromatic rings. The first-order valence-corrected chi connectivity index (χ1v) is 7.11. The Morgan fingerprint density at radius 3 is 2.33 bits per heavy atom. The highest BCUT2D eigenvalue weighted by Crippen LogP contribution is 2.56. The third-order valence-corrected chi connectivity index (χ3v) is 4.63. The summed E-state index contributed by atoms with van der Waals surface area (Å²) >= 11 is 5.76. The van der Waals surface area contributed by atoms with Crippen LogP contribution < -0.4 is 0 Å². The van der Waals surface area contributed by atoms with Gasteiger partial charge in [0.15, 0.2) is 0 Å². The average molecular weight is 376 g/mol. The van der Waals surface area contributed by atoms with Crippen LogP contribution in [0.4, 0.5) is 30.7 Å². The Hall–Kier alpha value is -1.48. The van der Waals surface area contributed by atoms with Gasteiger partial charge in [-0.25, -0.2) is 4.39 Å². The fourth-order valence-corrected chi connectivity index (χ4v) is 3.52. The normalized spacial score (nSPS) is 25.1. The molecular formula is C14H9ClF7NO. The van der Waals surface area contributed by atoms with Crippen molar-refractivity contribution >= 4 is 22.5 Å². The first-order chi connectivity index (χ1) is 10.9. The number of H-pyrrole nitrogens is 1. The molecule has 0 bridgehead atoms. The highest BCUT2D eigenvalue weighted by Gasteiger charge is 2.69. The van der Waals surface area contributed by atoms with Crippen molar-refractivity contribution in [2.24, 2.45) is 5.92 Å². The summed E-state index contributed by atoms with van der Waals surface area (Å²) in [5, 5.41) is 9.75. The Kier molecular flexibility index (Phi) is 3.62.